The SMILES string of the molecule is CC(C)(C)OC(=O)NCCCC1CN(c2ccc3c(n2)CC(=O)CO3)C(=O)O1. The van der Waals surface area contributed by atoms with Crippen LogP contribution >= 0.6 is 0 Å². The molecule has 28 heavy (non-hydrogen) atoms. The molecule has 1 aromatic heterocycles. The van der Waals surface area contributed by atoms with Crippen molar-refractivity contribution in [3.05, 3.63) is 17.8 Å². The van der Waals surface area contributed by atoms with Crippen molar-refractivity contribution in [2.45, 2.75) is 51.7 Å². The Labute approximate surface area is 163 Å². The van der Waals surface area contributed by atoms with Gasteiger partial charge in [0.1, 0.15) is 29.9 Å². The largest absolute Gasteiger partial charge is 0.484 e. The van der Waals surface area contributed by atoms with Gasteiger partial charge in [-0.05, 0) is 45.7 Å². The van der Waals surface area contributed by atoms with Gasteiger partial charge in [-0.1, -0.05) is 0 Å². The summed E-state index contributed by atoms with van der Waals surface area (Å²) < 4.78 is 15.9. The highest BCUT2D eigenvalue weighted by molar-refractivity contribution is 5.89. The number of nitrogens with one attached hydrogen (secondary N) is 1. The number of cyclic esters (lactones) is 1. The van der Waals surface area contributed by atoms with Crippen LogP contribution in [0.2, 0.25) is 0 Å². The molecule has 3 rings (SSSR count). The van der Waals surface area contributed by atoms with Crippen LogP contribution in [-0.4, -0.2) is 54.4 Å². The Morgan fingerprint density at radius 1 is 1.36 bits per heavy atom. The maximum absolute atomic E-state index is 12.2. The van der Waals surface area contributed by atoms with E-state index in [4.69, 9.17) is 14.2 Å². The molecule has 0 bridgehead atoms. The first-order valence-electron chi connectivity index (χ1n) is 9.31. The fraction of sp³-hybridized carbons (Fsp3) is 0.579. The van der Waals surface area contributed by atoms with E-state index in [-0.39, 0.29) is 24.9 Å². The number of aromatic nitrogens is 1. The number of rotatable bonds is 5. The summed E-state index contributed by atoms with van der Waals surface area (Å²) in [7, 11) is 0. The van der Waals surface area contributed by atoms with Crippen LogP contribution in [0.25, 0.3) is 0 Å². The topological polar surface area (TPSA) is 107 Å². The summed E-state index contributed by atoms with van der Waals surface area (Å²) in [6.07, 6.45) is 0.221. The second-order valence-electron chi connectivity index (χ2n) is 7.81. The average molecular weight is 391 g/mol. The molecule has 1 atom stereocenters. The van der Waals surface area contributed by atoms with Gasteiger partial charge >= 0.3 is 12.2 Å². The molecule has 3 heterocycles. The van der Waals surface area contributed by atoms with Gasteiger partial charge in [0.25, 0.3) is 0 Å². The Kier molecular flexibility index (Phi) is 5.71. The number of carbonyl (C=O) groups excluding carboxylic acids is 3. The first-order chi connectivity index (χ1) is 13.2. The van der Waals surface area contributed by atoms with Crippen molar-refractivity contribution in [3.63, 3.8) is 0 Å². The standard InChI is InChI=1S/C19H25N3O6/c1-19(2,3)28-17(24)20-8-4-5-13-10-22(18(25)27-13)16-7-6-15-14(21-16)9-12(23)11-26-15/h6-7,13H,4-5,8-11H2,1-3H3,(H,20,24). The molecule has 2 amide bonds. The van der Waals surface area contributed by atoms with E-state index in [1.807, 2.05) is 0 Å². The van der Waals surface area contributed by atoms with Crippen LogP contribution in [0.4, 0.5) is 15.4 Å². The van der Waals surface area contributed by atoms with Crippen molar-refractivity contribution >= 4 is 23.8 Å². The average Bonchev–Trinajstić information content (AvgIpc) is 2.97. The Morgan fingerprint density at radius 3 is 2.89 bits per heavy atom. The number of hydrogen-bond donors (Lipinski definition) is 1. The third-order valence-corrected chi connectivity index (χ3v) is 4.19. The Balaban J connectivity index is 1.48. The summed E-state index contributed by atoms with van der Waals surface area (Å²) in [6.45, 7) is 6.26. The number of alkyl carbamates (subject to hydrolysis) is 1. The molecule has 2 aliphatic heterocycles. The van der Waals surface area contributed by atoms with E-state index in [2.05, 4.69) is 10.3 Å². The maximum Gasteiger partial charge on any atom is 0.415 e. The van der Waals surface area contributed by atoms with Crippen molar-refractivity contribution in [3.8, 4) is 5.75 Å². The number of Topliss-reactive ketones (excluding diaryl/α,β-unsaturated/α-hetero) is 1. The van der Waals surface area contributed by atoms with Crippen molar-refractivity contribution in [2.75, 3.05) is 24.6 Å². The lowest BCUT2D eigenvalue weighted by atomic mass is 10.1. The first kappa shape index (κ1) is 19.9. The first-order valence-corrected chi connectivity index (χ1v) is 9.31. The van der Waals surface area contributed by atoms with E-state index in [0.29, 0.717) is 43.2 Å². The van der Waals surface area contributed by atoms with Crippen LogP contribution in [0.1, 0.15) is 39.3 Å². The molecule has 0 aliphatic carbocycles. The highest BCUT2D eigenvalue weighted by Crippen LogP contribution is 2.28. The summed E-state index contributed by atoms with van der Waals surface area (Å²) in [5.74, 6) is 0.966. The molecule has 1 aromatic rings. The zero-order valence-electron chi connectivity index (χ0n) is 16.3. The second kappa shape index (κ2) is 8.04. The normalized spacial score (nSPS) is 19.0. The van der Waals surface area contributed by atoms with E-state index in [0.717, 1.165) is 0 Å². The molecule has 0 aromatic carbocycles. The van der Waals surface area contributed by atoms with Gasteiger partial charge in [-0.3, -0.25) is 9.69 Å². The molecule has 0 spiro atoms. The molecule has 2 aliphatic rings. The van der Waals surface area contributed by atoms with Crippen molar-refractivity contribution in [1.29, 1.82) is 0 Å². The zero-order valence-corrected chi connectivity index (χ0v) is 16.3. The Morgan fingerprint density at radius 2 is 2.14 bits per heavy atom. The lowest BCUT2D eigenvalue weighted by molar-refractivity contribution is -0.121. The van der Waals surface area contributed by atoms with Crippen molar-refractivity contribution in [2.24, 2.45) is 0 Å². The molecular formula is C19H25N3O6. The minimum Gasteiger partial charge on any atom is -0.484 e. The second-order valence-corrected chi connectivity index (χ2v) is 7.81. The van der Waals surface area contributed by atoms with Gasteiger partial charge in [-0.15, -0.1) is 0 Å². The predicted molar refractivity (Wildman–Crippen MR) is 99.5 cm³/mol. The molecule has 1 fully saturated rings. The van der Waals surface area contributed by atoms with E-state index in [1.165, 1.54) is 4.90 Å². The lowest BCUT2D eigenvalue weighted by Crippen LogP contribution is -2.33. The highest BCUT2D eigenvalue weighted by Gasteiger charge is 2.33. The van der Waals surface area contributed by atoms with Crippen LogP contribution < -0.4 is 15.0 Å². The predicted octanol–water partition coefficient (Wildman–Crippen LogP) is 2.22. The third-order valence-electron chi connectivity index (χ3n) is 4.19. The molecule has 1 N–H and O–H groups in total. The number of anilines is 1. The molecule has 1 saturated heterocycles. The molecule has 1 unspecified atom stereocenters. The minimum atomic E-state index is -0.539. The number of carbonyl (C=O) groups is 3. The number of fused-ring (bicyclic) bond motifs is 1. The van der Waals surface area contributed by atoms with Crippen LogP contribution in [0.15, 0.2) is 12.1 Å². The Hall–Kier alpha value is -2.84. The zero-order chi connectivity index (χ0) is 20.3. The maximum atomic E-state index is 12.2. The lowest BCUT2D eigenvalue weighted by Gasteiger charge is -2.19. The summed E-state index contributed by atoms with van der Waals surface area (Å²) in [6, 6.07) is 3.40. The van der Waals surface area contributed by atoms with Gasteiger partial charge in [-0.25, -0.2) is 14.6 Å². The van der Waals surface area contributed by atoms with E-state index < -0.39 is 17.8 Å². The number of hydrogen-bond acceptors (Lipinski definition) is 7. The summed E-state index contributed by atoms with van der Waals surface area (Å²) in [4.78, 5) is 41.2. The van der Waals surface area contributed by atoms with Crippen molar-refractivity contribution in [1.82, 2.24) is 10.3 Å². The summed E-state index contributed by atoms with van der Waals surface area (Å²) in [5.41, 5.74) is -0.00474. The minimum absolute atomic E-state index is 0.0449. The summed E-state index contributed by atoms with van der Waals surface area (Å²) >= 11 is 0. The molecular weight excluding hydrogens is 366 g/mol. The smallest absolute Gasteiger partial charge is 0.415 e. The van der Waals surface area contributed by atoms with Gasteiger partial charge in [-0.2, -0.15) is 0 Å². The van der Waals surface area contributed by atoms with Gasteiger partial charge in [0, 0.05) is 6.54 Å². The van der Waals surface area contributed by atoms with Gasteiger partial charge in [0.15, 0.2) is 5.78 Å². The van der Waals surface area contributed by atoms with Crippen LogP contribution in [0.5, 0.6) is 5.75 Å². The monoisotopic (exact) mass is 391 g/mol. The summed E-state index contributed by atoms with van der Waals surface area (Å²) in [5, 5.41) is 2.68. The molecule has 0 saturated carbocycles. The number of amides is 2. The quantitative estimate of drug-likeness (QED) is 0.767. The van der Waals surface area contributed by atoms with E-state index in [9.17, 15) is 14.4 Å². The molecule has 9 nitrogen and oxygen atoms in total. The number of pyridine rings is 1. The van der Waals surface area contributed by atoms with Gasteiger partial charge < -0.3 is 19.5 Å². The highest BCUT2D eigenvalue weighted by atomic mass is 16.6. The van der Waals surface area contributed by atoms with Gasteiger partial charge in [0.05, 0.1) is 18.7 Å². The molecule has 0 radical (unpaired) electrons. The van der Waals surface area contributed by atoms with E-state index in [1.54, 1.807) is 32.9 Å². The Bertz CT molecular complexity index is 773. The van der Waals surface area contributed by atoms with Crippen LogP contribution in [-0.2, 0) is 20.7 Å². The van der Waals surface area contributed by atoms with E-state index >= 15 is 0 Å². The number of ether oxygens (including phenoxy) is 3. The molecule has 152 valence electrons. The number of nitrogens with zero attached hydrogens (tertiary/aromatic N) is 2. The molecule has 9 heteroatoms. The van der Waals surface area contributed by atoms with Crippen LogP contribution in [0, 0.1) is 0 Å². The van der Waals surface area contributed by atoms with Gasteiger partial charge in [0.2, 0.25) is 0 Å². The van der Waals surface area contributed by atoms with Crippen LogP contribution in [0.3, 0.4) is 0 Å². The van der Waals surface area contributed by atoms with Crippen molar-refractivity contribution < 1.29 is 28.6 Å². The fourth-order valence-corrected chi connectivity index (χ4v) is 2.97. The number of ketones is 1. The third kappa shape index (κ3) is 5.11. The fourth-order valence-electron chi connectivity index (χ4n) is 2.97.